The van der Waals surface area contributed by atoms with Crippen molar-refractivity contribution in [1.29, 1.82) is 0 Å². The SMILES string of the molecule is FC(F)(F)C(F)(F)C(F)(F)C(F)(F)C(F)(F)C(F)(F)CC[SiH2][Si](Cl)(Cl)Cl. The van der Waals surface area contributed by atoms with Gasteiger partial charge in [0, 0.05) is 6.42 Å². The molecule has 0 N–H and O–H groups in total. The molecule has 0 rings (SSSR count). The Hall–Kier alpha value is 0.394. The summed E-state index contributed by atoms with van der Waals surface area (Å²) in [5.41, 5.74) is -3.58. The zero-order valence-corrected chi connectivity index (χ0v) is 16.4. The highest BCUT2D eigenvalue weighted by molar-refractivity contribution is 7.82. The monoisotopic (exact) mass is 510 g/mol. The lowest BCUT2D eigenvalue weighted by Gasteiger charge is -2.39. The third-order valence-corrected chi connectivity index (χ3v) is 12.1. The molecular weight excluding hydrogens is 506 g/mol. The van der Waals surface area contributed by atoms with E-state index in [0.29, 0.717) is 0 Å². The Bertz CT molecular complexity index is 499. The van der Waals surface area contributed by atoms with Crippen molar-refractivity contribution >= 4 is 47.8 Å². The van der Waals surface area contributed by atoms with Gasteiger partial charge in [0.05, 0.1) is 9.04 Å². The standard InChI is InChI=1S/C8H6Cl3F13Si2/c9-26(10,11)25-2-1-3(12,13)4(14,15)5(16,17)6(18,19)7(20,21)8(22,23)24/h1-2,25H2. The second-order valence-electron chi connectivity index (χ2n) is 4.97. The van der Waals surface area contributed by atoms with Crippen LogP contribution in [0.4, 0.5) is 57.1 Å². The van der Waals surface area contributed by atoms with E-state index in [-0.39, 0.29) is 0 Å². The van der Waals surface area contributed by atoms with E-state index >= 15 is 0 Å². The molecule has 26 heavy (non-hydrogen) atoms. The summed E-state index contributed by atoms with van der Waals surface area (Å²) < 4.78 is 166. The van der Waals surface area contributed by atoms with Gasteiger partial charge in [-0.2, -0.15) is 57.1 Å². The Morgan fingerprint density at radius 1 is 0.577 bits per heavy atom. The van der Waals surface area contributed by atoms with Crippen LogP contribution >= 0.6 is 33.2 Å². The van der Waals surface area contributed by atoms with Crippen molar-refractivity contribution in [2.45, 2.75) is 48.3 Å². The molecule has 158 valence electrons. The lowest BCUT2D eigenvalue weighted by Crippen LogP contribution is -2.70. The van der Waals surface area contributed by atoms with E-state index in [4.69, 9.17) is 33.2 Å². The smallest absolute Gasteiger partial charge is 0.200 e. The number of alkyl halides is 13. The van der Waals surface area contributed by atoms with Gasteiger partial charge < -0.3 is 0 Å². The summed E-state index contributed by atoms with van der Waals surface area (Å²) in [6.45, 7) is 0. The topological polar surface area (TPSA) is 0 Å². The molecule has 0 saturated heterocycles. The number of hydrogen-bond donors (Lipinski definition) is 0. The summed E-state index contributed by atoms with van der Waals surface area (Å²) in [6, 6.07) is -1.09. The predicted octanol–water partition coefficient (Wildman–Crippen LogP) is 5.85. The first-order chi connectivity index (χ1) is 11.0. The van der Waals surface area contributed by atoms with Gasteiger partial charge in [-0.25, -0.2) is 0 Å². The molecule has 0 spiro atoms. The Kier molecular flexibility index (Phi) is 7.44. The quantitative estimate of drug-likeness (QED) is 0.218. The summed E-state index contributed by atoms with van der Waals surface area (Å²) in [5, 5.41) is 0. The maximum absolute atomic E-state index is 13.3. The Morgan fingerprint density at radius 2 is 0.923 bits per heavy atom. The van der Waals surface area contributed by atoms with Gasteiger partial charge in [-0.05, 0) is 0 Å². The summed E-state index contributed by atoms with van der Waals surface area (Å²) in [4.78, 5) is 0. The molecule has 0 fully saturated rings. The van der Waals surface area contributed by atoms with Crippen molar-refractivity contribution in [3.8, 4) is 0 Å². The molecule has 0 amide bonds. The summed E-state index contributed by atoms with van der Waals surface area (Å²) >= 11 is 15.8. The van der Waals surface area contributed by atoms with Crippen molar-refractivity contribution in [1.82, 2.24) is 0 Å². The van der Waals surface area contributed by atoms with E-state index in [1.165, 1.54) is 0 Å². The molecule has 0 saturated carbocycles. The minimum Gasteiger partial charge on any atom is -0.200 e. The third kappa shape index (κ3) is 4.68. The zero-order valence-electron chi connectivity index (χ0n) is 11.7. The van der Waals surface area contributed by atoms with Crippen molar-refractivity contribution in [2.75, 3.05) is 0 Å². The van der Waals surface area contributed by atoms with Crippen LogP contribution in [0.3, 0.4) is 0 Å². The lowest BCUT2D eigenvalue weighted by molar-refractivity contribution is -0.439. The van der Waals surface area contributed by atoms with Crippen LogP contribution in [0.1, 0.15) is 6.42 Å². The van der Waals surface area contributed by atoms with Gasteiger partial charge >= 0.3 is 41.3 Å². The van der Waals surface area contributed by atoms with E-state index in [0.717, 1.165) is 0 Å². The molecule has 0 aliphatic heterocycles. The molecule has 0 heterocycles. The number of halogens is 16. The van der Waals surface area contributed by atoms with Crippen LogP contribution in [0, 0.1) is 0 Å². The van der Waals surface area contributed by atoms with Crippen LogP contribution in [0.25, 0.3) is 0 Å². The predicted molar refractivity (Wildman–Crippen MR) is 72.1 cm³/mol. The Balaban J connectivity index is 5.85. The molecule has 0 nitrogen and oxygen atoms in total. The molecule has 0 atom stereocenters. The van der Waals surface area contributed by atoms with Crippen LogP contribution in [0.5, 0.6) is 0 Å². The van der Waals surface area contributed by atoms with E-state index in [9.17, 15) is 57.1 Å². The van der Waals surface area contributed by atoms with Crippen molar-refractivity contribution < 1.29 is 57.1 Å². The van der Waals surface area contributed by atoms with E-state index in [1.54, 1.807) is 0 Å². The van der Waals surface area contributed by atoms with Gasteiger partial charge in [0.15, 0.2) is 0 Å². The zero-order chi connectivity index (χ0) is 21.6. The van der Waals surface area contributed by atoms with Crippen molar-refractivity contribution in [2.24, 2.45) is 0 Å². The highest BCUT2D eigenvalue weighted by Gasteiger charge is 2.90. The molecule has 0 aliphatic rings. The maximum atomic E-state index is 13.3. The third-order valence-electron chi connectivity index (χ3n) is 2.95. The second kappa shape index (κ2) is 7.33. The van der Waals surface area contributed by atoms with Gasteiger partial charge in [0.2, 0.25) is 0 Å². The maximum Gasteiger partial charge on any atom is 0.460 e. The lowest BCUT2D eigenvalue weighted by atomic mass is 9.93. The molecule has 0 aliphatic carbocycles. The van der Waals surface area contributed by atoms with Crippen LogP contribution in [-0.4, -0.2) is 50.3 Å². The van der Waals surface area contributed by atoms with Gasteiger partial charge in [-0.15, -0.1) is 33.2 Å². The first kappa shape index (κ1) is 26.4. The van der Waals surface area contributed by atoms with Crippen LogP contribution < -0.4 is 0 Å². The Morgan fingerprint density at radius 3 is 1.23 bits per heavy atom. The number of rotatable bonds is 8. The molecular formula is C8H6Cl3F13Si2. The molecule has 0 unspecified atom stereocenters. The van der Waals surface area contributed by atoms with E-state index in [1.807, 2.05) is 0 Å². The largest absolute Gasteiger partial charge is 0.460 e. The van der Waals surface area contributed by atoms with E-state index in [2.05, 4.69) is 0 Å². The molecule has 0 aromatic rings. The fraction of sp³-hybridized carbons (Fsp3) is 1.00. The van der Waals surface area contributed by atoms with Gasteiger partial charge in [-0.1, -0.05) is 6.04 Å². The summed E-state index contributed by atoms with van der Waals surface area (Å²) in [5.74, 6) is -36.7. The van der Waals surface area contributed by atoms with E-state index < -0.39 is 62.8 Å². The van der Waals surface area contributed by atoms with Gasteiger partial charge in [0.1, 0.15) is 0 Å². The first-order valence-corrected chi connectivity index (χ1v) is 14.3. The highest BCUT2D eigenvalue weighted by Crippen LogP contribution is 2.60. The summed E-state index contributed by atoms with van der Waals surface area (Å²) in [7, 11) is -2.15. The fourth-order valence-electron chi connectivity index (χ4n) is 1.47. The molecule has 18 heteroatoms. The van der Waals surface area contributed by atoms with Crippen molar-refractivity contribution in [3.05, 3.63) is 0 Å². The highest BCUT2D eigenvalue weighted by atomic mass is 35.8. The van der Waals surface area contributed by atoms with Crippen LogP contribution in [0.2, 0.25) is 6.04 Å². The minimum atomic E-state index is -7.88. The van der Waals surface area contributed by atoms with Gasteiger partial charge in [-0.3, -0.25) is 0 Å². The fourth-order valence-corrected chi connectivity index (χ4v) is 7.83. The van der Waals surface area contributed by atoms with Crippen LogP contribution in [0.15, 0.2) is 0 Å². The van der Waals surface area contributed by atoms with Crippen molar-refractivity contribution in [3.63, 3.8) is 0 Å². The summed E-state index contributed by atoms with van der Waals surface area (Å²) in [6.07, 6.45) is -9.70. The minimum absolute atomic E-state index is 1.09. The normalized spacial score (nSPS) is 16.6. The molecule has 0 aromatic heterocycles. The average Bonchev–Trinajstić information content (AvgIpc) is 2.34. The molecule has 0 radical (unpaired) electrons. The first-order valence-electron chi connectivity index (χ1n) is 5.98. The average molecular weight is 512 g/mol. The molecule has 0 bridgehead atoms. The molecule has 0 aromatic carbocycles. The second-order valence-corrected chi connectivity index (χ2v) is 23.7. The van der Waals surface area contributed by atoms with Gasteiger partial charge in [0.25, 0.3) is 0 Å². The Labute approximate surface area is 153 Å². The number of hydrogen-bond acceptors (Lipinski definition) is 0. The van der Waals surface area contributed by atoms with Crippen LogP contribution in [-0.2, 0) is 0 Å².